The minimum Gasteiger partial charge on any atom is -0.332 e. The predicted molar refractivity (Wildman–Crippen MR) is 89.4 cm³/mol. The lowest BCUT2D eigenvalue weighted by molar-refractivity contribution is -0.384. The van der Waals surface area contributed by atoms with Crippen molar-refractivity contribution < 1.29 is 4.92 Å². The van der Waals surface area contributed by atoms with E-state index in [-0.39, 0.29) is 5.69 Å². The van der Waals surface area contributed by atoms with Gasteiger partial charge >= 0.3 is 0 Å². The van der Waals surface area contributed by atoms with Crippen LogP contribution in [0.3, 0.4) is 0 Å². The number of nitro benzene ring substituents is 1. The number of hydrogen-bond acceptors (Lipinski definition) is 3. The Morgan fingerprint density at radius 1 is 1.10 bits per heavy atom. The maximum atomic E-state index is 10.6. The first-order chi connectivity index (χ1) is 9.97. The number of benzene rings is 2. The minimum absolute atomic E-state index is 0.0114. The second-order valence-electron chi connectivity index (χ2n) is 3.98. The molecule has 2 N–H and O–H groups in total. The molecule has 0 bridgehead atoms. The van der Waals surface area contributed by atoms with Crippen LogP contribution >= 0.6 is 35.4 Å². The Balaban J connectivity index is 2.04. The quantitative estimate of drug-likeness (QED) is 0.480. The zero-order valence-corrected chi connectivity index (χ0v) is 12.8. The van der Waals surface area contributed by atoms with Crippen LogP contribution in [0, 0.1) is 10.1 Å². The number of nitrogens with one attached hydrogen (secondary N) is 2. The van der Waals surface area contributed by atoms with Crippen LogP contribution in [-0.4, -0.2) is 10.0 Å². The van der Waals surface area contributed by atoms with Crippen LogP contribution in [0.4, 0.5) is 17.1 Å². The van der Waals surface area contributed by atoms with Gasteiger partial charge < -0.3 is 10.6 Å². The average Bonchev–Trinajstić information content (AvgIpc) is 2.44. The van der Waals surface area contributed by atoms with Crippen LogP contribution in [0.2, 0.25) is 10.0 Å². The lowest BCUT2D eigenvalue weighted by Gasteiger charge is -2.12. The van der Waals surface area contributed by atoms with Crippen molar-refractivity contribution >= 4 is 57.6 Å². The zero-order valence-electron chi connectivity index (χ0n) is 10.5. The van der Waals surface area contributed by atoms with Crippen molar-refractivity contribution in [3.05, 3.63) is 62.6 Å². The summed E-state index contributed by atoms with van der Waals surface area (Å²) in [6.07, 6.45) is 0. The Bertz CT molecular complexity index is 692. The van der Waals surface area contributed by atoms with E-state index in [4.69, 9.17) is 35.4 Å². The normalized spacial score (nSPS) is 10.0. The first-order valence-electron chi connectivity index (χ1n) is 5.74. The number of nitrogens with zero attached hydrogens (tertiary/aromatic N) is 1. The summed E-state index contributed by atoms with van der Waals surface area (Å²) in [5, 5.41) is 17.5. The smallest absolute Gasteiger partial charge is 0.269 e. The average molecular weight is 342 g/mol. The molecule has 0 radical (unpaired) electrons. The van der Waals surface area contributed by atoms with Gasteiger partial charge in [0.1, 0.15) is 0 Å². The molecule has 0 heterocycles. The van der Waals surface area contributed by atoms with Crippen molar-refractivity contribution in [2.75, 3.05) is 10.6 Å². The molecule has 0 fully saturated rings. The summed E-state index contributed by atoms with van der Waals surface area (Å²) in [7, 11) is 0. The van der Waals surface area contributed by atoms with E-state index >= 15 is 0 Å². The molecule has 0 aliphatic rings. The van der Waals surface area contributed by atoms with Crippen molar-refractivity contribution in [1.82, 2.24) is 0 Å². The van der Waals surface area contributed by atoms with E-state index in [1.54, 1.807) is 30.3 Å². The maximum absolute atomic E-state index is 10.6. The summed E-state index contributed by atoms with van der Waals surface area (Å²) in [4.78, 5) is 10.1. The third kappa shape index (κ3) is 4.04. The molecule has 0 atom stereocenters. The van der Waals surface area contributed by atoms with Gasteiger partial charge in [-0.05, 0) is 36.5 Å². The highest BCUT2D eigenvalue weighted by atomic mass is 35.5. The van der Waals surface area contributed by atoms with Gasteiger partial charge in [0.15, 0.2) is 5.11 Å². The van der Waals surface area contributed by atoms with Crippen LogP contribution in [-0.2, 0) is 0 Å². The van der Waals surface area contributed by atoms with Crippen molar-refractivity contribution in [2.45, 2.75) is 0 Å². The molecule has 0 spiro atoms. The van der Waals surface area contributed by atoms with Gasteiger partial charge in [-0.15, -0.1) is 0 Å². The van der Waals surface area contributed by atoms with E-state index in [1.165, 1.54) is 12.1 Å². The summed E-state index contributed by atoms with van der Waals surface area (Å²) in [5.41, 5.74) is 1.21. The molecule has 108 valence electrons. The summed E-state index contributed by atoms with van der Waals surface area (Å²) < 4.78 is 0. The number of rotatable bonds is 3. The maximum Gasteiger partial charge on any atom is 0.269 e. The third-order valence-electron chi connectivity index (χ3n) is 2.54. The van der Waals surface area contributed by atoms with E-state index in [0.29, 0.717) is 26.5 Å². The Hall–Kier alpha value is -1.89. The molecular weight excluding hydrogens is 333 g/mol. The molecule has 2 aromatic carbocycles. The monoisotopic (exact) mass is 341 g/mol. The first kappa shape index (κ1) is 15.5. The number of hydrogen-bond donors (Lipinski definition) is 2. The summed E-state index contributed by atoms with van der Waals surface area (Å²) >= 11 is 17.1. The van der Waals surface area contributed by atoms with Gasteiger partial charge in [0.25, 0.3) is 5.69 Å². The minimum atomic E-state index is -0.466. The molecule has 0 saturated carbocycles. The van der Waals surface area contributed by atoms with Gasteiger partial charge in [-0.3, -0.25) is 10.1 Å². The van der Waals surface area contributed by atoms with Gasteiger partial charge in [0.05, 0.1) is 20.7 Å². The fourth-order valence-corrected chi connectivity index (χ4v) is 2.13. The molecule has 2 rings (SSSR count). The molecule has 0 aromatic heterocycles. The molecule has 8 heteroatoms. The van der Waals surface area contributed by atoms with Gasteiger partial charge in [0, 0.05) is 17.8 Å². The molecule has 0 unspecified atom stereocenters. The number of anilines is 2. The van der Waals surface area contributed by atoms with Crippen molar-refractivity contribution in [3.63, 3.8) is 0 Å². The topological polar surface area (TPSA) is 67.2 Å². The molecule has 0 aliphatic carbocycles. The number of non-ortho nitro benzene ring substituents is 1. The fraction of sp³-hybridized carbons (Fsp3) is 0. The Morgan fingerprint density at radius 2 is 1.76 bits per heavy atom. The molecule has 0 amide bonds. The molecule has 2 aromatic rings. The molecular formula is C13H9Cl2N3O2S. The molecule has 0 aliphatic heterocycles. The highest BCUT2D eigenvalue weighted by Crippen LogP contribution is 2.29. The SMILES string of the molecule is O=[N+]([O-])c1ccc(NC(=S)Nc2cccc(Cl)c2Cl)cc1. The van der Waals surface area contributed by atoms with E-state index in [1.807, 2.05) is 0 Å². The number of halogens is 2. The van der Waals surface area contributed by atoms with Gasteiger partial charge in [0.2, 0.25) is 0 Å². The van der Waals surface area contributed by atoms with E-state index in [9.17, 15) is 10.1 Å². The summed E-state index contributed by atoms with van der Waals surface area (Å²) in [6.45, 7) is 0. The second-order valence-corrected chi connectivity index (χ2v) is 5.18. The molecule has 5 nitrogen and oxygen atoms in total. The standard InChI is InChI=1S/C13H9Cl2N3O2S/c14-10-2-1-3-11(12(10)15)17-13(21)16-8-4-6-9(7-5-8)18(19)20/h1-7H,(H2,16,17,21). The highest BCUT2D eigenvalue weighted by molar-refractivity contribution is 7.80. The van der Waals surface area contributed by atoms with Crippen LogP contribution < -0.4 is 10.6 Å². The van der Waals surface area contributed by atoms with Gasteiger partial charge in [-0.2, -0.15) is 0 Å². The summed E-state index contributed by atoms with van der Waals surface area (Å²) in [6, 6.07) is 11.0. The van der Waals surface area contributed by atoms with Gasteiger partial charge in [-0.25, -0.2) is 0 Å². The first-order valence-corrected chi connectivity index (χ1v) is 6.90. The Morgan fingerprint density at radius 3 is 2.38 bits per heavy atom. The highest BCUT2D eigenvalue weighted by Gasteiger charge is 2.07. The fourth-order valence-electron chi connectivity index (χ4n) is 1.55. The second kappa shape index (κ2) is 6.71. The van der Waals surface area contributed by atoms with Crippen molar-refractivity contribution in [1.29, 1.82) is 0 Å². The zero-order chi connectivity index (χ0) is 15.4. The van der Waals surface area contributed by atoms with Crippen molar-refractivity contribution in [3.8, 4) is 0 Å². The van der Waals surface area contributed by atoms with E-state index < -0.39 is 4.92 Å². The number of nitro groups is 1. The van der Waals surface area contributed by atoms with E-state index in [2.05, 4.69) is 10.6 Å². The van der Waals surface area contributed by atoms with Crippen LogP contribution in [0.25, 0.3) is 0 Å². The van der Waals surface area contributed by atoms with E-state index in [0.717, 1.165) is 0 Å². The Kier molecular flexibility index (Phi) is 4.95. The van der Waals surface area contributed by atoms with Crippen LogP contribution in [0.5, 0.6) is 0 Å². The van der Waals surface area contributed by atoms with Crippen molar-refractivity contribution in [2.24, 2.45) is 0 Å². The lowest BCUT2D eigenvalue weighted by Crippen LogP contribution is -2.19. The Labute approximate surface area is 136 Å². The van der Waals surface area contributed by atoms with Crippen LogP contribution in [0.15, 0.2) is 42.5 Å². The lowest BCUT2D eigenvalue weighted by atomic mass is 10.3. The largest absolute Gasteiger partial charge is 0.332 e. The third-order valence-corrected chi connectivity index (χ3v) is 3.56. The summed E-state index contributed by atoms with van der Waals surface area (Å²) in [5.74, 6) is 0. The number of thiocarbonyl (C=S) groups is 1. The molecule has 21 heavy (non-hydrogen) atoms. The molecule has 0 saturated heterocycles. The van der Waals surface area contributed by atoms with Gasteiger partial charge in [-0.1, -0.05) is 29.3 Å². The predicted octanol–water partition coefficient (Wildman–Crippen LogP) is 4.71. The van der Waals surface area contributed by atoms with Crippen LogP contribution in [0.1, 0.15) is 0 Å².